The van der Waals surface area contributed by atoms with Crippen molar-refractivity contribution in [1.82, 2.24) is 14.6 Å². The second kappa shape index (κ2) is 4.42. The normalized spacial score (nSPS) is 22.9. The fourth-order valence-corrected chi connectivity index (χ4v) is 2.96. The Bertz CT molecular complexity index is 738. The Balaban J connectivity index is 1.61. The molecule has 100 valence electrons. The van der Waals surface area contributed by atoms with Crippen LogP contribution in [0.25, 0.3) is 5.52 Å². The predicted octanol–water partition coefficient (Wildman–Crippen LogP) is 2.57. The molecule has 0 radical (unpaired) electrons. The average Bonchev–Trinajstić information content (AvgIpc) is 3.20. The highest BCUT2D eigenvalue weighted by Crippen LogP contribution is 2.54. The lowest BCUT2D eigenvalue weighted by molar-refractivity contribution is 0.152. The molecule has 2 aromatic heterocycles. The van der Waals surface area contributed by atoms with Gasteiger partial charge in [0.15, 0.2) is 0 Å². The van der Waals surface area contributed by atoms with Gasteiger partial charge in [0, 0.05) is 18.0 Å². The molecule has 2 heterocycles. The first-order valence-electron chi connectivity index (χ1n) is 6.85. The Morgan fingerprint density at radius 2 is 2.05 bits per heavy atom. The van der Waals surface area contributed by atoms with Crippen LogP contribution in [-0.2, 0) is 0 Å². The van der Waals surface area contributed by atoms with Gasteiger partial charge in [-0.3, -0.25) is 4.98 Å². The highest BCUT2D eigenvalue weighted by molar-refractivity contribution is 5.53. The van der Waals surface area contributed by atoms with E-state index in [1.54, 1.807) is 29.3 Å². The largest absolute Gasteiger partial charge is 0.388 e. The topological polar surface area (TPSA) is 50.4 Å². The maximum atomic E-state index is 10.6. The van der Waals surface area contributed by atoms with Gasteiger partial charge in [0.1, 0.15) is 0 Å². The summed E-state index contributed by atoms with van der Waals surface area (Å²) in [7, 11) is 0. The molecule has 1 N–H and O–H groups in total. The van der Waals surface area contributed by atoms with E-state index >= 15 is 0 Å². The van der Waals surface area contributed by atoms with E-state index in [0.29, 0.717) is 5.92 Å². The lowest BCUT2D eigenvalue weighted by atomic mass is 10.0. The van der Waals surface area contributed by atoms with Crippen molar-refractivity contribution >= 4 is 5.52 Å². The molecule has 4 nitrogen and oxygen atoms in total. The SMILES string of the molecule is OC(c1cnn2ccncc12)C1CC1c1ccccc1. The average molecular weight is 265 g/mol. The number of aliphatic hydroxyl groups excluding tert-OH is 1. The second-order valence-electron chi connectivity index (χ2n) is 5.37. The molecule has 3 unspecified atom stereocenters. The van der Waals surface area contributed by atoms with E-state index in [1.165, 1.54) is 5.56 Å². The van der Waals surface area contributed by atoms with Crippen LogP contribution in [-0.4, -0.2) is 19.7 Å². The van der Waals surface area contributed by atoms with Gasteiger partial charge in [-0.15, -0.1) is 0 Å². The van der Waals surface area contributed by atoms with Crippen LogP contribution < -0.4 is 0 Å². The van der Waals surface area contributed by atoms with Crippen LogP contribution in [0, 0.1) is 5.92 Å². The molecule has 1 aliphatic rings. The zero-order valence-electron chi connectivity index (χ0n) is 10.9. The summed E-state index contributed by atoms with van der Waals surface area (Å²) in [6.07, 6.45) is 7.56. The minimum Gasteiger partial charge on any atom is -0.388 e. The first-order valence-corrected chi connectivity index (χ1v) is 6.85. The van der Waals surface area contributed by atoms with Crippen LogP contribution in [0.5, 0.6) is 0 Å². The minimum absolute atomic E-state index is 0.283. The third kappa shape index (κ3) is 1.80. The van der Waals surface area contributed by atoms with Gasteiger partial charge in [0.25, 0.3) is 0 Å². The third-order valence-corrected chi connectivity index (χ3v) is 4.15. The first kappa shape index (κ1) is 11.6. The maximum absolute atomic E-state index is 10.6. The highest BCUT2D eigenvalue weighted by atomic mass is 16.3. The van der Waals surface area contributed by atoms with Crippen molar-refractivity contribution in [2.75, 3.05) is 0 Å². The summed E-state index contributed by atoms with van der Waals surface area (Å²) in [6.45, 7) is 0. The van der Waals surface area contributed by atoms with Crippen molar-refractivity contribution < 1.29 is 5.11 Å². The fourth-order valence-electron chi connectivity index (χ4n) is 2.96. The smallest absolute Gasteiger partial charge is 0.0903 e. The number of benzene rings is 1. The summed E-state index contributed by atoms with van der Waals surface area (Å²) in [5.41, 5.74) is 3.08. The molecule has 3 aromatic rings. The number of rotatable bonds is 3. The van der Waals surface area contributed by atoms with Crippen molar-refractivity contribution in [3.05, 3.63) is 66.2 Å². The van der Waals surface area contributed by atoms with Gasteiger partial charge in [0.2, 0.25) is 0 Å². The molecular weight excluding hydrogens is 250 g/mol. The molecule has 3 atom stereocenters. The lowest BCUT2D eigenvalue weighted by Crippen LogP contribution is -2.01. The van der Waals surface area contributed by atoms with Crippen LogP contribution in [0.15, 0.2) is 55.1 Å². The van der Waals surface area contributed by atoms with Crippen LogP contribution in [0.2, 0.25) is 0 Å². The Kier molecular flexibility index (Phi) is 2.57. The quantitative estimate of drug-likeness (QED) is 0.791. The molecule has 1 aromatic carbocycles. The van der Waals surface area contributed by atoms with E-state index in [2.05, 4.69) is 34.3 Å². The molecule has 0 amide bonds. The first-order chi connectivity index (χ1) is 9.84. The Hall–Kier alpha value is -2.20. The van der Waals surface area contributed by atoms with Crippen molar-refractivity contribution in [2.45, 2.75) is 18.4 Å². The van der Waals surface area contributed by atoms with Crippen molar-refractivity contribution in [3.63, 3.8) is 0 Å². The lowest BCUT2D eigenvalue weighted by Gasteiger charge is -2.09. The summed E-state index contributed by atoms with van der Waals surface area (Å²) in [4.78, 5) is 4.11. The number of hydrogen-bond donors (Lipinski definition) is 1. The van der Waals surface area contributed by atoms with Gasteiger partial charge in [-0.05, 0) is 23.8 Å². The van der Waals surface area contributed by atoms with Gasteiger partial charge < -0.3 is 5.11 Å². The summed E-state index contributed by atoms with van der Waals surface area (Å²) in [5.74, 6) is 0.739. The van der Waals surface area contributed by atoms with Crippen LogP contribution in [0.4, 0.5) is 0 Å². The van der Waals surface area contributed by atoms with Crippen molar-refractivity contribution in [2.24, 2.45) is 5.92 Å². The third-order valence-electron chi connectivity index (χ3n) is 4.15. The zero-order chi connectivity index (χ0) is 13.5. The molecule has 4 heteroatoms. The molecule has 1 aliphatic carbocycles. The maximum Gasteiger partial charge on any atom is 0.0903 e. The van der Waals surface area contributed by atoms with Crippen LogP contribution in [0.3, 0.4) is 0 Å². The van der Waals surface area contributed by atoms with E-state index in [0.717, 1.165) is 17.5 Å². The van der Waals surface area contributed by atoms with Crippen LogP contribution >= 0.6 is 0 Å². The van der Waals surface area contributed by atoms with Gasteiger partial charge in [-0.25, -0.2) is 4.52 Å². The fraction of sp³-hybridized carbons (Fsp3) is 0.250. The van der Waals surface area contributed by atoms with Gasteiger partial charge >= 0.3 is 0 Å². The van der Waals surface area contributed by atoms with E-state index in [9.17, 15) is 5.11 Å². The Morgan fingerprint density at radius 3 is 2.90 bits per heavy atom. The molecule has 1 fully saturated rings. The van der Waals surface area contributed by atoms with Gasteiger partial charge in [-0.2, -0.15) is 5.10 Å². The summed E-state index contributed by atoms with van der Waals surface area (Å²) in [6, 6.07) is 10.4. The molecule has 4 rings (SSSR count). The molecule has 0 spiro atoms. The number of fused-ring (bicyclic) bond motifs is 1. The van der Waals surface area contributed by atoms with E-state index in [1.807, 2.05) is 6.07 Å². The Morgan fingerprint density at radius 1 is 1.20 bits per heavy atom. The van der Waals surface area contributed by atoms with Crippen molar-refractivity contribution in [3.8, 4) is 0 Å². The van der Waals surface area contributed by atoms with Crippen LogP contribution in [0.1, 0.15) is 29.6 Å². The summed E-state index contributed by atoms with van der Waals surface area (Å²) >= 11 is 0. The Labute approximate surface area is 116 Å². The molecule has 20 heavy (non-hydrogen) atoms. The standard InChI is InChI=1S/C16H15N3O/c20-16(13-8-12(13)11-4-2-1-3-5-11)14-9-18-19-7-6-17-10-15(14)19/h1-7,9-10,12-13,16,20H,8H2. The molecular formula is C16H15N3O. The number of aromatic nitrogens is 3. The minimum atomic E-state index is -0.470. The molecule has 0 bridgehead atoms. The molecule has 0 aliphatic heterocycles. The van der Waals surface area contributed by atoms with E-state index in [4.69, 9.17) is 0 Å². The number of nitrogens with zero attached hydrogens (tertiary/aromatic N) is 3. The zero-order valence-corrected chi connectivity index (χ0v) is 10.9. The summed E-state index contributed by atoms with van der Waals surface area (Å²) < 4.78 is 1.76. The predicted molar refractivity (Wildman–Crippen MR) is 75.2 cm³/mol. The van der Waals surface area contributed by atoms with Crippen molar-refractivity contribution in [1.29, 1.82) is 0 Å². The number of hydrogen-bond acceptors (Lipinski definition) is 3. The van der Waals surface area contributed by atoms with Gasteiger partial charge in [0.05, 0.1) is 24.0 Å². The van der Waals surface area contributed by atoms with Gasteiger partial charge in [-0.1, -0.05) is 30.3 Å². The molecule has 1 saturated carbocycles. The van der Waals surface area contributed by atoms with E-state index < -0.39 is 6.10 Å². The monoisotopic (exact) mass is 265 g/mol. The second-order valence-corrected chi connectivity index (χ2v) is 5.37. The number of aliphatic hydroxyl groups is 1. The highest BCUT2D eigenvalue weighted by Gasteiger charge is 2.44. The summed E-state index contributed by atoms with van der Waals surface area (Å²) in [5, 5.41) is 14.9. The van der Waals surface area contributed by atoms with E-state index in [-0.39, 0.29) is 5.92 Å². The molecule has 0 saturated heterocycles.